The van der Waals surface area contributed by atoms with Crippen LogP contribution in [0.3, 0.4) is 0 Å². The van der Waals surface area contributed by atoms with Gasteiger partial charge in [0.2, 0.25) is 11.8 Å². The molecule has 2 rings (SSSR count). The van der Waals surface area contributed by atoms with E-state index in [4.69, 9.17) is 0 Å². The van der Waals surface area contributed by atoms with E-state index in [9.17, 15) is 14.4 Å². The normalized spacial score (nSPS) is 14.7. The largest absolute Gasteiger partial charge is 0.353 e. The molecule has 0 aromatic heterocycles. The molecule has 0 aliphatic carbocycles. The highest BCUT2D eigenvalue weighted by Gasteiger charge is 2.21. The van der Waals surface area contributed by atoms with E-state index < -0.39 is 0 Å². The topological polar surface area (TPSA) is 78.5 Å². The highest BCUT2D eigenvalue weighted by Crippen LogP contribution is 2.11. The van der Waals surface area contributed by atoms with Crippen LogP contribution in [0.5, 0.6) is 0 Å². The number of piperazine rings is 1. The molecule has 0 radical (unpaired) electrons. The van der Waals surface area contributed by atoms with Crippen molar-refractivity contribution in [1.82, 2.24) is 15.5 Å². The Kier molecular flexibility index (Phi) is 4.73. The minimum atomic E-state index is -0.318. The minimum Gasteiger partial charge on any atom is -0.353 e. The summed E-state index contributed by atoms with van der Waals surface area (Å²) < 4.78 is 0.796. The first-order chi connectivity index (χ1) is 9.56. The van der Waals surface area contributed by atoms with Crippen LogP contribution in [0.1, 0.15) is 10.4 Å². The average Bonchev–Trinajstić information content (AvgIpc) is 2.44. The zero-order chi connectivity index (χ0) is 14.5. The summed E-state index contributed by atoms with van der Waals surface area (Å²) in [6, 6.07) is 6.90. The molecule has 0 bridgehead atoms. The number of carbonyl (C=O) groups excluding carboxylic acids is 3. The summed E-state index contributed by atoms with van der Waals surface area (Å²) in [4.78, 5) is 36.3. The Morgan fingerprint density at radius 1 is 1.40 bits per heavy atom. The summed E-state index contributed by atoms with van der Waals surface area (Å²) >= 11 is 3.28. The number of carbonyl (C=O) groups is 3. The maximum atomic E-state index is 11.9. The Bertz CT molecular complexity index is 547. The lowest BCUT2D eigenvalue weighted by Crippen LogP contribution is -2.52. The molecule has 1 aromatic rings. The molecule has 1 saturated heterocycles. The summed E-state index contributed by atoms with van der Waals surface area (Å²) in [6.45, 7) is 0.853. The highest BCUT2D eigenvalue weighted by molar-refractivity contribution is 9.10. The lowest BCUT2D eigenvalue weighted by Gasteiger charge is -2.26. The first kappa shape index (κ1) is 14.5. The number of benzene rings is 1. The van der Waals surface area contributed by atoms with Gasteiger partial charge >= 0.3 is 0 Å². The van der Waals surface area contributed by atoms with Crippen LogP contribution >= 0.6 is 15.9 Å². The van der Waals surface area contributed by atoms with Crippen molar-refractivity contribution < 1.29 is 14.4 Å². The van der Waals surface area contributed by atoms with Gasteiger partial charge in [0.05, 0.1) is 13.1 Å². The first-order valence-corrected chi connectivity index (χ1v) is 6.94. The van der Waals surface area contributed by atoms with Crippen LogP contribution < -0.4 is 10.6 Å². The lowest BCUT2D eigenvalue weighted by atomic mass is 10.2. The van der Waals surface area contributed by atoms with Gasteiger partial charge < -0.3 is 15.5 Å². The molecule has 0 atom stereocenters. The van der Waals surface area contributed by atoms with Crippen molar-refractivity contribution in [2.45, 2.75) is 0 Å². The Labute approximate surface area is 124 Å². The van der Waals surface area contributed by atoms with Crippen molar-refractivity contribution in [2.24, 2.45) is 0 Å². The number of rotatable bonds is 3. The first-order valence-electron chi connectivity index (χ1n) is 6.14. The standard InChI is InChI=1S/C13H14BrN3O3/c14-10-3-1-2-9(6-10)13(20)16-7-12(19)17-5-4-15-11(18)8-17/h1-3,6H,4-5,7-8H2,(H,15,18)(H,16,20). The Balaban J connectivity index is 1.87. The van der Waals surface area contributed by atoms with Crippen molar-refractivity contribution in [3.63, 3.8) is 0 Å². The van der Waals surface area contributed by atoms with Gasteiger partial charge in [0.15, 0.2) is 0 Å². The van der Waals surface area contributed by atoms with Crippen molar-refractivity contribution >= 4 is 33.7 Å². The van der Waals surface area contributed by atoms with Crippen LogP contribution in [0.25, 0.3) is 0 Å². The molecule has 1 aliphatic rings. The zero-order valence-corrected chi connectivity index (χ0v) is 12.3. The highest BCUT2D eigenvalue weighted by atomic mass is 79.9. The van der Waals surface area contributed by atoms with Crippen LogP contribution in [0.4, 0.5) is 0 Å². The summed E-state index contributed by atoms with van der Waals surface area (Å²) in [5, 5.41) is 5.19. The second-order valence-electron chi connectivity index (χ2n) is 4.36. The predicted molar refractivity (Wildman–Crippen MR) is 76.1 cm³/mol. The number of hydrogen-bond donors (Lipinski definition) is 2. The smallest absolute Gasteiger partial charge is 0.251 e. The fraction of sp³-hybridized carbons (Fsp3) is 0.308. The third-order valence-electron chi connectivity index (χ3n) is 2.88. The molecule has 1 fully saturated rings. The molecule has 6 nitrogen and oxygen atoms in total. The number of hydrogen-bond acceptors (Lipinski definition) is 3. The molecular weight excluding hydrogens is 326 g/mol. The van der Waals surface area contributed by atoms with Crippen molar-refractivity contribution in [3.05, 3.63) is 34.3 Å². The van der Waals surface area contributed by atoms with Gasteiger partial charge in [0.25, 0.3) is 5.91 Å². The Hall–Kier alpha value is -1.89. The summed E-state index contributed by atoms with van der Waals surface area (Å²) in [5.74, 6) is -0.757. The van der Waals surface area contributed by atoms with Crippen molar-refractivity contribution in [3.8, 4) is 0 Å². The average molecular weight is 340 g/mol. The molecule has 7 heteroatoms. The second-order valence-corrected chi connectivity index (χ2v) is 5.27. The van der Waals surface area contributed by atoms with E-state index in [0.29, 0.717) is 18.7 Å². The molecule has 20 heavy (non-hydrogen) atoms. The third kappa shape index (κ3) is 3.80. The van der Waals surface area contributed by atoms with Gasteiger partial charge in [0, 0.05) is 23.1 Å². The fourth-order valence-corrected chi connectivity index (χ4v) is 2.25. The molecule has 0 unspecified atom stereocenters. The van der Waals surface area contributed by atoms with E-state index in [0.717, 1.165) is 4.47 Å². The van der Waals surface area contributed by atoms with Gasteiger partial charge in [-0.2, -0.15) is 0 Å². The van der Waals surface area contributed by atoms with Gasteiger partial charge in [-0.1, -0.05) is 22.0 Å². The number of halogens is 1. The maximum Gasteiger partial charge on any atom is 0.251 e. The zero-order valence-electron chi connectivity index (χ0n) is 10.7. The van der Waals surface area contributed by atoms with Crippen molar-refractivity contribution in [2.75, 3.05) is 26.2 Å². The predicted octanol–water partition coefficient (Wildman–Crippen LogP) is 0.137. The molecule has 1 aromatic carbocycles. The Morgan fingerprint density at radius 2 is 2.20 bits per heavy atom. The van der Waals surface area contributed by atoms with E-state index in [1.807, 2.05) is 6.07 Å². The number of nitrogens with one attached hydrogen (secondary N) is 2. The molecular formula is C13H14BrN3O3. The van der Waals surface area contributed by atoms with Crippen LogP contribution in [0.2, 0.25) is 0 Å². The van der Waals surface area contributed by atoms with E-state index >= 15 is 0 Å². The van der Waals surface area contributed by atoms with Crippen LogP contribution in [0.15, 0.2) is 28.7 Å². The fourth-order valence-electron chi connectivity index (χ4n) is 1.85. The summed E-state index contributed by atoms with van der Waals surface area (Å²) in [7, 11) is 0. The monoisotopic (exact) mass is 339 g/mol. The Morgan fingerprint density at radius 3 is 2.90 bits per heavy atom. The number of nitrogens with zero attached hydrogens (tertiary/aromatic N) is 1. The van der Waals surface area contributed by atoms with Crippen LogP contribution in [-0.2, 0) is 9.59 Å². The minimum absolute atomic E-state index is 0.0472. The maximum absolute atomic E-state index is 11.9. The molecule has 0 saturated carbocycles. The molecule has 106 valence electrons. The van der Waals surface area contributed by atoms with E-state index in [-0.39, 0.29) is 30.8 Å². The summed E-state index contributed by atoms with van der Waals surface area (Å²) in [6.07, 6.45) is 0. The van der Waals surface area contributed by atoms with Crippen LogP contribution in [0, 0.1) is 0 Å². The number of amides is 3. The molecule has 1 heterocycles. The van der Waals surface area contributed by atoms with Gasteiger partial charge in [-0.05, 0) is 18.2 Å². The van der Waals surface area contributed by atoms with Gasteiger partial charge in [0.1, 0.15) is 0 Å². The summed E-state index contributed by atoms with van der Waals surface area (Å²) in [5.41, 5.74) is 0.476. The van der Waals surface area contributed by atoms with Crippen molar-refractivity contribution in [1.29, 1.82) is 0 Å². The van der Waals surface area contributed by atoms with E-state index in [1.54, 1.807) is 18.2 Å². The molecule has 1 aliphatic heterocycles. The SMILES string of the molecule is O=C1CN(C(=O)CNC(=O)c2cccc(Br)c2)CCN1. The molecule has 2 N–H and O–H groups in total. The van der Waals surface area contributed by atoms with Gasteiger partial charge in [-0.15, -0.1) is 0 Å². The van der Waals surface area contributed by atoms with E-state index in [1.165, 1.54) is 4.90 Å². The van der Waals surface area contributed by atoms with E-state index in [2.05, 4.69) is 26.6 Å². The quantitative estimate of drug-likeness (QED) is 0.822. The van der Waals surface area contributed by atoms with Gasteiger partial charge in [-0.3, -0.25) is 14.4 Å². The second kappa shape index (κ2) is 6.51. The van der Waals surface area contributed by atoms with Gasteiger partial charge in [-0.25, -0.2) is 0 Å². The third-order valence-corrected chi connectivity index (χ3v) is 3.37. The lowest BCUT2D eigenvalue weighted by molar-refractivity contribution is -0.137. The van der Waals surface area contributed by atoms with Crippen LogP contribution in [-0.4, -0.2) is 48.8 Å². The molecule has 3 amide bonds. The molecule has 0 spiro atoms.